The maximum Gasteiger partial charge on any atom is 0.338 e. The molecule has 0 saturated heterocycles. The molecule has 3 heterocycles. The van der Waals surface area contributed by atoms with E-state index in [1.54, 1.807) is 24.3 Å². The molecule has 2 N–H and O–H groups in total. The van der Waals surface area contributed by atoms with Crippen molar-refractivity contribution < 1.29 is 18.3 Å². The van der Waals surface area contributed by atoms with Gasteiger partial charge < -0.3 is 20.3 Å². The maximum absolute atomic E-state index is 14.9. The second-order valence-corrected chi connectivity index (χ2v) is 11.0. The molecule has 0 unspecified atom stereocenters. The summed E-state index contributed by atoms with van der Waals surface area (Å²) in [6, 6.07) is 13.0. The second kappa shape index (κ2) is 12.7. The predicted octanol–water partition coefficient (Wildman–Crippen LogP) is 4.21. The Bertz CT molecular complexity index is 1930. The maximum atomic E-state index is 14.9. The Labute approximate surface area is 254 Å². The first kappa shape index (κ1) is 30.5. The fourth-order valence-electron chi connectivity index (χ4n) is 4.73. The lowest BCUT2D eigenvalue weighted by Crippen LogP contribution is -2.39. The van der Waals surface area contributed by atoms with Crippen LogP contribution in [0.4, 0.5) is 19.3 Å². The molecule has 0 bridgehead atoms. The average molecular weight is 622 g/mol. The number of thiophene rings is 1. The number of ether oxygens (including phenoxy) is 1. The first-order valence-corrected chi connectivity index (χ1v) is 14.4. The molecule has 228 valence electrons. The highest BCUT2D eigenvalue weighted by atomic mass is 32.1. The molecule has 0 atom stereocenters. The molecule has 0 saturated carbocycles. The first-order valence-electron chi connectivity index (χ1n) is 13.5. The molecule has 5 rings (SSSR count). The number of anilines is 1. The summed E-state index contributed by atoms with van der Waals surface area (Å²) in [5.41, 5.74) is 0.0752. The van der Waals surface area contributed by atoms with Gasteiger partial charge in [0.05, 0.1) is 19.0 Å². The normalized spacial score (nSPS) is 11.2. The topological polar surface area (TPSA) is 123 Å². The number of amides is 2. The van der Waals surface area contributed by atoms with Gasteiger partial charge in [-0.2, -0.15) is 0 Å². The van der Waals surface area contributed by atoms with Crippen molar-refractivity contribution in [2.24, 2.45) is 0 Å². The van der Waals surface area contributed by atoms with Gasteiger partial charge in [0.2, 0.25) is 5.88 Å². The summed E-state index contributed by atoms with van der Waals surface area (Å²) in [4.78, 5) is 42.9. The SMILES string of the molecule is CCNC(=O)Nc1ccc(-c2sc3c(c2CN(C)C)c(=O)n(-c2ccc(OC)nn2)c(=O)n3Cc2c(F)cccc2F)cc1. The number of benzene rings is 2. The molecular weight excluding hydrogens is 592 g/mol. The van der Waals surface area contributed by atoms with Gasteiger partial charge in [0.1, 0.15) is 16.5 Å². The number of nitrogens with one attached hydrogen (secondary N) is 2. The highest BCUT2D eigenvalue weighted by Gasteiger charge is 2.25. The second-order valence-electron chi connectivity index (χ2n) is 10.0. The van der Waals surface area contributed by atoms with Gasteiger partial charge in [-0.15, -0.1) is 21.5 Å². The molecule has 0 aliphatic carbocycles. The van der Waals surface area contributed by atoms with E-state index in [2.05, 4.69) is 20.8 Å². The highest BCUT2D eigenvalue weighted by Crippen LogP contribution is 2.38. The third-order valence-electron chi connectivity index (χ3n) is 6.73. The van der Waals surface area contributed by atoms with E-state index in [4.69, 9.17) is 4.74 Å². The molecule has 0 aliphatic rings. The number of fused-ring (bicyclic) bond motifs is 1. The van der Waals surface area contributed by atoms with E-state index in [0.717, 1.165) is 22.3 Å². The number of urea groups is 1. The van der Waals surface area contributed by atoms with Crippen LogP contribution >= 0.6 is 11.3 Å². The van der Waals surface area contributed by atoms with E-state index in [0.29, 0.717) is 29.2 Å². The molecule has 11 nitrogen and oxygen atoms in total. The summed E-state index contributed by atoms with van der Waals surface area (Å²) < 4.78 is 36.8. The number of rotatable bonds is 9. The number of nitrogens with zero attached hydrogens (tertiary/aromatic N) is 5. The molecular formula is C30H29F2N7O4S. The molecule has 5 aromatic rings. The van der Waals surface area contributed by atoms with Gasteiger partial charge in [-0.25, -0.2) is 22.9 Å². The van der Waals surface area contributed by atoms with E-state index >= 15 is 0 Å². The minimum Gasteiger partial charge on any atom is -0.480 e. The Morgan fingerprint density at radius 1 is 1.00 bits per heavy atom. The van der Waals surface area contributed by atoms with Gasteiger partial charge in [0, 0.05) is 35.3 Å². The van der Waals surface area contributed by atoms with Crippen molar-refractivity contribution in [2.75, 3.05) is 33.1 Å². The molecule has 0 radical (unpaired) electrons. The Hall–Kier alpha value is -4.95. The first-order chi connectivity index (χ1) is 21.1. The molecule has 0 aliphatic heterocycles. The summed E-state index contributed by atoms with van der Waals surface area (Å²) in [6.45, 7) is 2.11. The molecule has 2 amide bonds. The van der Waals surface area contributed by atoms with E-state index in [-0.39, 0.29) is 33.5 Å². The number of aromatic nitrogens is 4. The predicted molar refractivity (Wildman–Crippen MR) is 165 cm³/mol. The molecule has 0 spiro atoms. The van der Waals surface area contributed by atoms with Crippen molar-refractivity contribution in [3.05, 3.63) is 98.2 Å². The number of halogens is 2. The third-order valence-corrected chi connectivity index (χ3v) is 8.04. The molecule has 2 aromatic carbocycles. The van der Waals surface area contributed by atoms with Crippen molar-refractivity contribution in [3.8, 4) is 22.1 Å². The van der Waals surface area contributed by atoms with E-state index in [1.165, 1.54) is 41.2 Å². The Morgan fingerprint density at radius 3 is 2.30 bits per heavy atom. The summed E-state index contributed by atoms with van der Waals surface area (Å²) in [5, 5.41) is 13.5. The van der Waals surface area contributed by atoms with Crippen LogP contribution in [0, 0.1) is 11.6 Å². The van der Waals surface area contributed by atoms with Crippen LogP contribution < -0.4 is 26.6 Å². The van der Waals surface area contributed by atoms with Crippen LogP contribution in [0.2, 0.25) is 0 Å². The third kappa shape index (κ3) is 5.94. The largest absolute Gasteiger partial charge is 0.480 e. The van der Waals surface area contributed by atoms with Crippen molar-refractivity contribution in [3.63, 3.8) is 0 Å². The van der Waals surface area contributed by atoms with Crippen LogP contribution in [0.3, 0.4) is 0 Å². The van der Waals surface area contributed by atoms with Gasteiger partial charge in [-0.1, -0.05) is 18.2 Å². The van der Waals surface area contributed by atoms with Gasteiger partial charge in [0.15, 0.2) is 5.82 Å². The average Bonchev–Trinajstić information content (AvgIpc) is 3.36. The molecule has 44 heavy (non-hydrogen) atoms. The van der Waals surface area contributed by atoms with Crippen molar-refractivity contribution in [1.82, 2.24) is 29.5 Å². The van der Waals surface area contributed by atoms with Crippen LogP contribution in [0.5, 0.6) is 5.88 Å². The highest BCUT2D eigenvalue weighted by molar-refractivity contribution is 7.22. The van der Waals surface area contributed by atoms with Crippen LogP contribution in [-0.2, 0) is 13.1 Å². The summed E-state index contributed by atoms with van der Waals surface area (Å²) in [7, 11) is 5.08. The van der Waals surface area contributed by atoms with Crippen molar-refractivity contribution >= 4 is 33.3 Å². The monoisotopic (exact) mass is 621 g/mol. The lowest BCUT2D eigenvalue weighted by molar-refractivity contribution is 0.252. The quantitative estimate of drug-likeness (QED) is 0.253. The van der Waals surface area contributed by atoms with Crippen LogP contribution in [0.1, 0.15) is 18.1 Å². The zero-order valence-corrected chi connectivity index (χ0v) is 25.2. The smallest absolute Gasteiger partial charge is 0.338 e. The van der Waals surface area contributed by atoms with Crippen molar-refractivity contribution in [2.45, 2.75) is 20.0 Å². The lowest BCUT2D eigenvalue weighted by atomic mass is 10.1. The van der Waals surface area contributed by atoms with Crippen LogP contribution in [0.15, 0.2) is 64.2 Å². The number of carbonyl (C=O) groups excluding carboxylic acids is 1. The summed E-state index contributed by atoms with van der Waals surface area (Å²) >= 11 is 1.17. The van der Waals surface area contributed by atoms with Gasteiger partial charge in [-0.05, 0) is 62.5 Å². The van der Waals surface area contributed by atoms with Gasteiger partial charge in [0.25, 0.3) is 5.56 Å². The molecule has 0 fully saturated rings. The Kier molecular flexibility index (Phi) is 8.83. The number of hydrogen-bond acceptors (Lipinski definition) is 8. The minimum atomic E-state index is -0.838. The van der Waals surface area contributed by atoms with Crippen LogP contribution in [-0.4, -0.2) is 58.0 Å². The zero-order valence-electron chi connectivity index (χ0n) is 24.4. The minimum absolute atomic E-state index is 0.0743. The number of hydrogen-bond donors (Lipinski definition) is 2. The van der Waals surface area contributed by atoms with Crippen LogP contribution in [0.25, 0.3) is 26.5 Å². The summed E-state index contributed by atoms with van der Waals surface area (Å²) in [5.74, 6) is -1.55. The van der Waals surface area contributed by atoms with Crippen molar-refractivity contribution in [1.29, 1.82) is 0 Å². The van der Waals surface area contributed by atoms with Gasteiger partial charge in [-0.3, -0.25) is 9.36 Å². The fraction of sp³-hybridized carbons (Fsp3) is 0.233. The van der Waals surface area contributed by atoms with E-state index in [9.17, 15) is 23.2 Å². The number of methoxy groups -OCH3 is 1. The van der Waals surface area contributed by atoms with E-state index < -0.39 is 29.4 Å². The number of carbonyl (C=O) groups is 1. The Balaban J connectivity index is 1.79. The lowest BCUT2D eigenvalue weighted by Gasteiger charge is -2.14. The molecule has 14 heteroatoms. The summed E-state index contributed by atoms with van der Waals surface area (Å²) in [6.07, 6.45) is 0. The van der Waals surface area contributed by atoms with Gasteiger partial charge >= 0.3 is 11.7 Å². The zero-order chi connectivity index (χ0) is 31.5. The van der Waals surface area contributed by atoms with E-state index in [1.807, 2.05) is 25.9 Å². The Morgan fingerprint density at radius 2 is 1.70 bits per heavy atom. The fourth-order valence-corrected chi connectivity index (χ4v) is 6.04. The standard InChI is InChI=1S/C30H29F2N7O4S/c1-5-33-29(41)34-18-11-9-17(10-12-18)26-20(15-37(2)3)25-27(40)39(23-13-14-24(43-4)36-35-23)30(42)38(28(25)44-26)16-19-21(31)7-6-8-22(19)32/h6-14H,5,15-16H2,1-4H3,(H2,33,34,41). The molecule has 3 aromatic heterocycles.